The van der Waals surface area contributed by atoms with Gasteiger partial charge in [0.2, 0.25) is 0 Å². The van der Waals surface area contributed by atoms with Gasteiger partial charge >= 0.3 is 6.03 Å². The number of carbonyl (C=O) groups excluding carboxylic acids is 1. The minimum atomic E-state index is -0.00469. The number of amides is 2. The van der Waals surface area contributed by atoms with Crippen LogP contribution in [0.15, 0.2) is 17.5 Å². The van der Waals surface area contributed by atoms with Gasteiger partial charge in [-0.3, -0.25) is 0 Å². The van der Waals surface area contributed by atoms with E-state index in [1.807, 2.05) is 11.8 Å². The highest BCUT2D eigenvalue weighted by Crippen LogP contribution is 2.17. The fourth-order valence-corrected chi connectivity index (χ4v) is 4.17. The highest BCUT2D eigenvalue weighted by Gasteiger charge is 2.16. The zero-order valence-electron chi connectivity index (χ0n) is 11.4. The fraction of sp³-hybridized carbons (Fsp3) is 0.643. The lowest BCUT2D eigenvalue weighted by molar-refractivity contribution is 0.234. The van der Waals surface area contributed by atoms with E-state index in [2.05, 4.69) is 35.1 Å². The molecule has 1 aliphatic heterocycles. The third kappa shape index (κ3) is 5.45. The second-order valence-electron chi connectivity index (χ2n) is 5.13. The Balaban J connectivity index is 1.62. The summed E-state index contributed by atoms with van der Waals surface area (Å²) in [5.74, 6) is 2.81. The monoisotopic (exact) mass is 298 g/mol. The van der Waals surface area contributed by atoms with Gasteiger partial charge in [-0.1, -0.05) is 13.0 Å². The van der Waals surface area contributed by atoms with Crippen molar-refractivity contribution in [1.82, 2.24) is 10.6 Å². The first-order chi connectivity index (χ1) is 9.24. The second-order valence-corrected chi connectivity index (χ2v) is 7.39. The molecule has 1 fully saturated rings. The third-order valence-corrected chi connectivity index (χ3v) is 5.24. The summed E-state index contributed by atoms with van der Waals surface area (Å²) in [6.07, 6.45) is 3.24. The maximum Gasteiger partial charge on any atom is 0.315 e. The second kappa shape index (κ2) is 7.80. The lowest BCUT2D eigenvalue weighted by Crippen LogP contribution is -2.44. The molecule has 0 spiro atoms. The van der Waals surface area contributed by atoms with Gasteiger partial charge in [-0.15, -0.1) is 11.3 Å². The maximum atomic E-state index is 11.8. The summed E-state index contributed by atoms with van der Waals surface area (Å²) in [6.45, 7) is 2.92. The van der Waals surface area contributed by atoms with Crippen molar-refractivity contribution < 1.29 is 4.79 Å². The van der Waals surface area contributed by atoms with Crippen LogP contribution in [0.2, 0.25) is 0 Å². The van der Waals surface area contributed by atoms with Crippen LogP contribution in [-0.2, 0) is 6.42 Å². The fourth-order valence-electron chi connectivity index (χ4n) is 2.19. The standard InChI is InChI=1S/C14H22N2OS2/c1-11(9-13-3-2-6-19-13)10-15-14(17)16-12-4-7-18-8-5-12/h2-3,6,11-12H,4-5,7-10H2,1H3,(H2,15,16,17)/t11-/m1/s1. The van der Waals surface area contributed by atoms with Crippen molar-refractivity contribution in [2.75, 3.05) is 18.1 Å². The molecule has 0 saturated carbocycles. The van der Waals surface area contributed by atoms with E-state index in [9.17, 15) is 4.79 Å². The van der Waals surface area contributed by atoms with E-state index in [4.69, 9.17) is 0 Å². The number of carbonyl (C=O) groups is 1. The Morgan fingerprint density at radius 2 is 2.26 bits per heavy atom. The Bertz CT molecular complexity index is 375. The van der Waals surface area contributed by atoms with Gasteiger partial charge in [0.05, 0.1) is 0 Å². The van der Waals surface area contributed by atoms with Gasteiger partial charge < -0.3 is 10.6 Å². The summed E-state index contributed by atoms with van der Waals surface area (Å²) in [5, 5.41) is 8.16. The van der Waals surface area contributed by atoms with Crippen LogP contribution in [0.3, 0.4) is 0 Å². The van der Waals surface area contributed by atoms with Crippen LogP contribution >= 0.6 is 23.1 Å². The average molecular weight is 298 g/mol. The molecule has 2 N–H and O–H groups in total. The molecule has 19 heavy (non-hydrogen) atoms. The highest BCUT2D eigenvalue weighted by atomic mass is 32.2. The van der Waals surface area contributed by atoms with Crippen LogP contribution in [0.4, 0.5) is 4.79 Å². The topological polar surface area (TPSA) is 41.1 Å². The summed E-state index contributed by atoms with van der Waals surface area (Å²) < 4.78 is 0. The largest absolute Gasteiger partial charge is 0.338 e. The van der Waals surface area contributed by atoms with Crippen LogP contribution < -0.4 is 10.6 Å². The van der Waals surface area contributed by atoms with E-state index in [1.54, 1.807) is 11.3 Å². The summed E-state index contributed by atoms with van der Waals surface area (Å²) in [4.78, 5) is 13.2. The number of thiophene rings is 1. The molecule has 2 heterocycles. The first-order valence-corrected chi connectivity index (χ1v) is 8.92. The van der Waals surface area contributed by atoms with Crippen molar-refractivity contribution in [2.24, 2.45) is 5.92 Å². The minimum absolute atomic E-state index is 0.00469. The highest BCUT2D eigenvalue weighted by molar-refractivity contribution is 7.99. The molecule has 1 saturated heterocycles. The Morgan fingerprint density at radius 3 is 2.95 bits per heavy atom. The van der Waals surface area contributed by atoms with Crippen molar-refractivity contribution in [3.05, 3.63) is 22.4 Å². The van der Waals surface area contributed by atoms with Crippen molar-refractivity contribution in [3.8, 4) is 0 Å². The van der Waals surface area contributed by atoms with Gasteiger partial charge in [-0.05, 0) is 48.1 Å². The van der Waals surface area contributed by atoms with Crippen molar-refractivity contribution >= 4 is 29.1 Å². The first kappa shape index (κ1) is 14.7. The van der Waals surface area contributed by atoms with Gasteiger partial charge in [-0.2, -0.15) is 11.8 Å². The summed E-state index contributed by atoms with van der Waals surface area (Å²) in [5.41, 5.74) is 0. The predicted octanol–water partition coefficient (Wildman–Crippen LogP) is 3.12. The van der Waals surface area contributed by atoms with E-state index < -0.39 is 0 Å². The Hall–Kier alpha value is -0.680. The number of hydrogen-bond acceptors (Lipinski definition) is 3. The number of urea groups is 1. The van der Waals surface area contributed by atoms with Gasteiger partial charge in [0, 0.05) is 17.5 Å². The van der Waals surface area contributed by atoms with E-state index in [0.29, 0.717) is 12.0 Å². The van der Waals surface area contributed by atoms with Crippen molar-refractivity contribution in [2.45, 2.75) is 32.2 Å². The molecule has 3 nitrogen and oxygen atoms in total. The normalized spacial score (nSPS) is 17.9. The molecule has 0 aromatic carbocycles. The zero-order chi connectivity index (χ0) is 13.5. The Labute approximate surface area is 123 Å². The lowest BCUT2D eigenvalue weighted by Gasteiger charge is -2.23. The van der Waals surface area contributed by atoms with E-state index in [0.717, 1.165) is 25.8 Å². The zero-order valence-corrected chi connectivity index (χ0v) is 13.0. The molecule has 1 aliphatic rings. The smallest absolute Gasteiger partial charge is 0.315 e. The molecule has 0 radical (unpaired) electrons. The minimum Gasteiger partial charge on any atom is -0.338 e. The quantitative estimate of drug-likeness (QED) is 0.877. The summed E-state index contributed by atoms with van der Waals surface area (Å²) in [6, 6.07) is 4.60. The van der Waals surface area contributed by atoms with Gasteiger partial charge in [-0.25, -0.2) is 4.79 Å². The molecular weight excluding hydrogens is 276 g/mol. The Kier molecular flexibility index (Phi) is 6.04. The molecule has 1 atom stereocenters. The molecular formula is C14H22N2OS2. The number of nitrogens with one attached hydrogen (secondary N) is 2. The van der Waals surface area contributed by atoms with Gasteiger partial charge in [0.15, 0.2) is 0 Å². The molecule has 0 bridgehead atoms. The molecule has 1 aromatic rings. The number of hydrogen-bond donors (Lipinski definition) is 2. The molecule has 2 amide bonds. The SMILES string of the molecule is C[C@@H](CNC(=O)NC1CCSCC1)Cc1cccs1. The predicted molar refractivity (Wildman–Crippen MR) is 84.1 cm³/mol. The van der Waals surface area contributed by atoms with Crippen LogP contribution in [0.25, 0.3) is 0 Å². The van der Waals surface area contributed by atoms with E-state index >= 15 is 0 Å². The number of thioether (sulfide) groups is 1. The maximum absolute atomic E-state index is 11.8. The van der Waals surface area contributed by atoms with Gasteiger partial charge in [0.25, 0.3) is 0 Å². The first-order valence-electron chi connectivity index (χ1n) is 6.88. The molecule has 0 unspecified atom stereocenters. The molecule has 1 aromatic heterocycles. The van der Waals surface area contributed by atoms with Crippen molar-refractivity contribution in [1.29, 1.82) is 0 Å². The van der Waals surface area contributed by atoms with Crippen LogP contribution in [-0.4, -0.2) is 30.1 Å². The van der Waals surface area contributed by atoms with Gasteiger partial charge in [0.1, 0.15) is 0 Å². The molecule has 5 heteroatoms. The van der Waals surface area contributed by atoms with Crippen LogP contribution in [0.1, 0.15) is 24.6 Å². The van der Waals surface area contributed by atoms with Crippen molar-refractivity contribution in [3.63, 3.8) is 0 Å². The number of rotatable bonds is 5. The Morgan fingerprint density at radius 1 is 1.47 bits per heavy atom. The summed E-state index contributed by atoms with van der Waals surface area (Å²) >= 11 is 3.76. The molecule has 2 rings (SSSR count). The average Bonchev–Trinajstić information content (AvgIpc) is 2.90. The third-order valence-electron chi connectivity index (χ3n) is 3.30. The van der Waals surface area contributed by atoms with E-state index in [1.165, 1.54) is 16.4 Å². The van der Waals surface area contributed by atoms with E-state index in [-0.39, 0.29) is 6.03 Å². The van der Waals surface area contributed by atoms with Crippen LogP contribution in [0, 0.1) is 5.92 Å². The lowest BCUT2D eigenvalue weighted by atomic mass is 10.1. The molecule has 106 valence electrons. The molecule has 0 aliphatic carbocycles. The summed E-state index contributed by atoms with van der Waals surface area (Å²) in [7, 11) is 0. The van der Waals surface area contributed by atoms with Crippen LogP contribution in [0.5, 0.6) is 0 Å².